The van der Waals surface area contributed by atoms with E-state index in [-0.39, 0.29) is 12.2 Å². The van der Waals surface area contributed by atoms with Crippen molar-refractivity contribution in [1.82, 2.24) is 5.32 Å². The average molecular weight is 300 g/mol. The summed E-state index contributed by atoms with van der Waals surface area (Å²) in [6.45, 7) is 3.47. The Balaban J connectivity index is 1.76. The van der Waals surface area contributed by atoms with Crippen molar-refractivity contribution in [2.45, 2.75) is 32.0 Å². The fourth-order valence-corrected chi connectivity index (χ4v) is 2.39. The maximum atomic E-state index is 9.14. The van der Waals surface area contributed by atoms with E-state index in [4.69, 9.17) is 9.84 Å². The average Bonchev–Trinajstić information content (AvgIpc) is 2.66. The number of halogens is 1. The van der Waals surface area contributed by atoms with Gasteiger partial charge in [0.1, 0.15) is 11.9 Å². The molecule has 0 saturated carbocycles. The predicted molar refractivity (Wildman–Crippen MR) is 71.4 cm³/mol. The van der Waals surface area contributed by atoms with E-state index in [0.717, 1.165) is 36.2 Å². The minimum absolute atomic E-state index is 0.216. The van der Waals surface area contributed by atoms with E-state index in [1.807, 2.05) is 12.1 Å². The van der Waals surface area contributed by atoms with Crippen molar-refractivity contribution in [3.63, 3.8) is 0 Å². The summed E-state index contributed by atoms with van der Waals surface area (Å²) in [5.41, 5.74) is 1.27. The zero-order chi connectivity index (χ0) is 12.3. The molecule has 0 saturated heterocycles. The van der Waals surface area contributed by atoms with Gasteiger partial charge in [-0.3, -0.25) is 0 Å². The Morgan fingerprint density at radius 3 is 3.18 bits per heavy atom. The van der Waals surface area contributed by atoms with Gasteiger partial charge in [0.05, 0.1) is 6.10 Å². The summed E-state index contributed by atoms with van der Waals surface area (Å²) in [6, 6.07) is 6.13. The second-order valence-corrected chi connectivity index (χ2v) is 5.45. The molecule has 0 fully saturated rings. The van der Waals surface area contributed by atoms with Gasteiger partial charge >= 0.3 is 0 Å². The summed E-state index contributed by atoms with van der Waals surface area (Å²) in [4.78, 5) is 0. The van der Waals surface area contributed by atoms with E-state index in [1.54, 1.807) is 6.92 Å². The zero-order valence-corrected chi connectivity index (χ0v) is 11.5. The highest BCUT2D eigenvalue weighted by atomic mass is 79.9. The second-order valence-electron chi connectivity index (χ2n) is 4.54. The minimum atomic E-state index is -0.236. The van der Waals surface area contributed by atoms with Gasteiger partial charge in [-0.25, -0.2) is 0 Å². The van der Waals surface area contributed by atoms with Crippen LogP contribution in [-0.4, -0.2) is 30.4 Å². The number of benzene rings is 1. The van der Waals surface area contributed by atoms with Gasteiger partial charge in [-0.05, 0) is 43.7 Å². The lowest BCUT2D eigenvalue weighted by molar-refractivity contribution is 0.178. The Hall–Kier alpha value is -0.580. The number of aliphatic hydroxyl groups excluding tert-OH is 1. The van der Waals surface area contributed by atoms with Crippen molar-refractivity contribution < 1.29 is 9.84 Å². The van der Waals surface area contributed by atoms with Gasteiger partial charge in [-0.15, -0.1) is 0 Å². The van der Waals surface area contributed by atoms with Gasteiger partial charge in [-0.1, -0.05) is 15.9 Å². The van der Waals surface area contributed by atoms with Gasteiger partial charge in [0.15, 0.2) is 0 Å². The molecule has 94 valence electrons. The Labute approximate surface area is 110 Å². The summed E-state index contributed by atoms with van der Waals surface area (Å²) < 4.78 is 6.92. The smallest absolute Gasteiger partial charge is 0.123 e. The van der Waals surface area contributed by atoms with Crippen LogP contribution in [0.2, 0.25) is 0 Å². The molecule has 3 nitrogen and oxygen atoms in total. The summed E-state index contributed by atoms with van der Waals surface area (Å²) in [5, 5.41) is 12.5. The molecule has 1 heterocycles. The highest BCUT2D eigenvalue weighted by molar-refractivity contribution is 9.10. The molecule has 2 N–H and O–H groups in total. The minimum Gasteiger partial charge on any atom is -0.488 e. The largest absolute Gasteiger partial charge is 0.488 e. The molecule has 0 radical (unpaired) electrons. The standard InChI is InChI=1S/C13H18BrNO2/c1-9(16)4-5-15-8-12-7-10-6-11(14)2-3-13(10)17-12/h2-3,6,9,12,15-16H,4-5,7-8H2,1H3. The molecule has 2 unspecified atom stereocenters. The van der Waals surface area contributed by atoms with Gasteiger partial charge in [0.2, 0.25) is 0 Å². The van der Waals surface area contributed by atoms with Crippen molar-refractivity contribution >= 4 is 15.9 Å². The van der Waals surface area contributed by atoms with Crippen LogP contribution in [0.4, 0.5) is 0 Å². The van der Waals surface area contributed by atoms with Crippen LogP contribution in [0.15, 0.2) is 22.7 Å². The zero-order valence-electron chi connectivity index (χ0n) is 9.95. The lowest BCUT2D eigenvalue weighted by Gasteiger charge is -2.12. The maximum Gasteiger partial charge on any atom is 0.123 e. The summed E-state index contributed by atoms with van der Waals surface area (Å²) >= 11 is 3.47. The van der Waals surface area contributed by atoms with E-state index >= 15 is 0 Å². The molecule has 1 aromatic rings. The highest BCUT2D eigenvalue weighted by Gasteiger charge is 2.22. The molecule has 17 heavy (non-hydrogen) atoms. The first-order valence-electron chi connectivity index (χ1n) is 5.99. The molecule has 0 spiro atoms. The Bertz CT molecular complexity index is 382. The predicted octanol–water partition coefficient (Wildman–Crippen LogP) is 2.11. The van der Waals surface area contributed by atoms with Gasteiger partial charge < -0.3 is 15.2 Å². The monoisotopic (exact) mass is 299 g/mol. The van der Waals surface area contributed by atoms with E-state index in [9.17, 15) is 0 Å². The first-order valence-corrected chi connectivity index (χ1v) is 6.78. The van der Waals surface area contributed by atoms with Crippen LogP contribution < -0.4 is 10.1 Å². The van der Waals surface area contributed by atoms with E-state index in [2.05, 4.69) is 27.3 Å². The van der Waals surface area contributed by atoms with Gasteiger partial charge in [-0.2, -0.15) is 0 Å². The van der Waals surface area contributed by atoms with Gasteiger partial charge in [0, 0.05) is 17.4 Å². The topological polar surface area (TPSA) is 41.5 Å². The van der Waals surface area contributed by atoms with Crippen LogP contribution in [-0.2, 0) is 6.42 Å². The molecule has 0 bridgehead atoms. The van der Waals surface area contributed by atoms with Crippen molar-refractivity contribution in [3.05, 3.63) is 28.2 Å². The maximum absolute atomic E-state index is 9.14. The number of ether oxygens (including phenoxy) is 1. The van der Waals surface area contributed by atoms with Crippen molar-refractivity contribution in [1.29, 1.82) is 0 Å². The molecular weight excluding hydrogens is 282 g/mol. The quantitative estimate of drug-likeness (QED) is 0.818. The van der Waals surface area contributed by atoms with Crippen LogP contribution >= 0.6 is 15.9 Å². The van der Waals surface area contributed by atoms with E-state index in [0.29, 0.717) is 0 Å². The lowest BCUT2D eigenvalue weighted by Crippen LogP contribution is -2.31. The molecule has 0 amide bonds. The molecule has 0 aromatic heterocycles. The van der Waals surface area contributed by atoms with E-state index in [1.165, 1.54) is 5.56 Å². The first-order chi connectivity index (χ1) is 8.15. The summed E-state index contributed by atoms with van der Waals surface area (Å²) in [5.74, 6) is 0.996. The Morgan fingerprint density at radius 2 is 2.41 bits per heavy atom. The van der Waals surface area contributed by atoms with Crippen LogP contribution in [0, 0.1) is 0 Å². The van der Waals surface area contributed by atoms with Crippen molar-refractivity contribution in [3.8, 4) is 5.75 Å². The van der Waals surface area contributed by atoms with Crippen molar-refractivity contribution in [2.24, 2.45) is 0 Å². The lowest BCUT2D eigenvalue weighted by atomic mass is 10.1. The number of hydrogen-bond acceptors (Lipinski definition) is 3. The fourth-order valence-electron chi connectivity index (χ4n) is 1.98. The normalized spacial score (nSPS) is 19.8. The number of hydrogen-bond donors (Lipinski definition) is 2. The molecule has 4 heteroatoms. The molecular formula is C13H18BrNO2. The van der Waals surface area contributed by atoms with Crippen molar-refractivity contribution in [2.75, 3.05) is 13.1 Å². The first kappa shape index (κ1) is 12.9. The third-order valence-electron chi connectivity index (χ3n) is 2.87. The Morgan fingerprint density at radius 1 is 1.59 bits per heavy atom. The molecule has 1 aliphatic rings. The van der Waals surface area contributed by atoms with E-state index < -0.39 is 0 Å². The molecule has 2 rings (SSSR count). The third kappa shape index (κ3) is 3.69. The second kappa shape index (κ2) is 5.85. The SMILES string of the molecule is CC(O)CCNCC1Cc2cc(Br)ccc2O1. The Kier molecular flexibility index (Phi) is 4.42. The molecule has 1 aliphatic heterocycles. The van der Waals surface area contributed by atoms with Crippen LogP contribution in [0.25, 0.3) is 0 Å². The molecule has 2 atom stereocenters. The molecule has 0 aliphatic carbocycles. The highest BCUT2D eigenvalue weighted by Crippen LogP contribution is 2.30. The fraction of sp³-hybridized carbons (Fsp3) is 0.538. The number of rotatable bonds is 5. The van der Waals surface area contributed by atoms with Crippen LogP contribution in [0.1, 0.15) is 18.9 Å². The van der Waals surface area contributed by atoms with Crippen LogP contribution in [0.3, 0.4) is 0 Å². The number of aliphatic hydroxyl groups is 1. The summed E-state index contributed by atoms with van der Waals surface area (Å²) in [6.07, 6.45) is 1.72. The molecule has 1 aromatic carbocycles. The van der Waals surface area contributed by atoms with Gasteiger partial charge in [0.25, 0.3) is 0 Å². The van der Waals surface area contributed by atoms with Crippen LogP contribution in [0.5, 0.6) is 5.75 Å². The third-order valence-corrected chi connectivity index (χ3v) is 3.37. The number of fused-ring (bicyclic) bond motifs is 1. The number of nitrogens with one attached hydrogen (secondary N) is 1. The summed E-state index contributed by atoms with van der Waals surface area (Å²) in [7, 11) is 0.